The van der Waals surface area contributed by atoms with Gasteiger partial charge in [-0.3, -0.25) is 4.79 Å². The van der Waals surface area contributed by atoms with Crippen molar-refractivity contribution in [2.24, 2.45) is 5.73 Å². The molecule has 1 unspecified atom stereocenters. The summed E-state index contributed by atoms with van der Waals surface area (Å²) in [7, 11) is 0. The van der Waals surface area contributed by atoms with Crippen molar-refractivity contribution in [1.82, 2.24) is 5.32 Å². The number of rotatable bonds is 4. The van der Waals surface area contributed by atoms with Crippen molar-refractivity contribution in [3.8, 4) is 0 Å². The summed E-state index contributed by atoms with van der Waals surface area (Å²) in [5, 5.41) is 3.01. The number of amides is 1. The number of carbonyl (C=O) groups is 1. The highest BCUT2D eigenvalue weighted by molar-refractivity contribution is 5.86. The lowest BCUT2D eigenvalue weighted by Gasteiger charge is -2.28. The fourth-order valence-corrected chi connectivity index (χ4v) is 2.60. The summed E-state index contributed by atoms with van der Waals surface area (Å²) in [4.78, 5) is 12.2. The van der Waals surface area contributed by atoms with Crippen LogP contribution in [-0.4, -0.2) is 5.91 Å². The first-order chi connectivity index (χ1) is 9.78. The van der Waals surface area contributed by atoms with Gasteiger partial charge in [0.1, 0.15) is 0 Å². The quantitative estimate of drug-likeness (QED) is 0.890. The predicted molar refractivity (Wildman–Crippen MR) is 79.1 cm³/mol. The first-order valence-electron chi connectivity index (χ1n) is 6.91. The molecular weight excluding hydrogens is 248 g/mol. The molecule has 2 aromatic rings. The molecule has 0 heterocycles. The van der Waals surface area contributed by atoms with E-state index in [1.807, 2.05) is 42.5 Å². The van der Waals surface area contributed by atoms with Crippen LogP contribution in [0.3, 0.4) is 0 Å². The highest BCUT2D eigenvalue weighted by atomic mass is 16.1. The van der Waals surface area contributed by atoms with Crippen molar-refractivity contribution in [2.45, 2.75) is 25.4 Å². The van der Waals surface area contributed by atoms with Crippen molar-refractivity contribution in [3.05, 3.63) is 70.8 Å². The standard InChI is InChI=1S/C17H18N2O/c18-10-12-5-7-13(8-6-12)11-19-17(20)16-9-14-3-1-2-4-15(14)16/h1-8,16H,9-11,18H2,(H,19,20). The fraction of sp³-hybridized carbons (Fsp3) is 0.235. The molecule has 0 aromatic heterocycles. The van der Waals surface area contributed by atoms with E-state index in [9.17, 15) is 4.79 Å². The summed E-state index contributed by atoms with van der Waals surface area (Å²) >= 11 is 0. The lowest BCUT2D eigenvalue weighted by Crippen LogP contribution is -2.35. The molecule has 1 amide bonds. The number of nitrogens with two attached hydrogens (primary N) is 1. The average Bonchev–Trinajstić information content (AvgIpc) is 2.47. The van der Waals surface area contributed by atoms with Crippen LogP contribution in [0, 0.1) is 0 Å². The van der Waals surface area contributed by atoms with Crippen molar-refractivity contribution < 1.29 is 4.79 Å². The van der Waals surface area contributed by atoms with Crippen LogP contribution in [0.15, 0.2) is 48.5 Å². The predicted octanol–water partition coefficient (Wildman–Crippen LogP) is 2.10. The third-order valence-corrected chi connectivity index (χ3v) is 3.90. The second-order valence-corrected chi connectivity index (χ2v) is 5.19. The number of hydrogen-bond donors (Lipinski definition) is 2. The van der Waals surface area contributed by atoms with Crippen LogP contribution in [0.4, 0.5) is 0 Å². The van der Waals surface area contributed by atoms with E-state index in [0.717, 1.165) is 17.5 Å². The van der Waals surface area contributed by atoms with Gasteiger partial charge in [0.15, 0.2) is 0 Å². The molecule has 102 valence electrons. The van der Waals surface area contributed by atoms with Crippen molar-refractivity contribution in [2.75, 3.05) is 0 Å². The van der Waals surface area contributed by atoms with Crippen LogP contribution < -0.4 is 11.1 Å². The van der Waals surface area contributed by atoms with E-state index in [4.69, 9.17) is 5.73 Å². The minimum absolute atomic E-state index is 0.0227. The van der Waals surface area contributed by atoms with Gasteiger partial charge in [0, 0.05) is 13.1 Å². The van der Waals surface area contributed by atoms with Gasteiger partial charge in [-0.2, -0.15) is 0 Å². The maximum Gasteiger partial charge on any atom is 0.228 e. The highest BCUT2D eigenvalue weighted by Crippen LogP contribution is 2.34. The zero-order valence-electron chi connectivity index (χ0n) is 11.3. The molecule has 0 radical (unpaired) electrons. The second-order valence-electron chi connectivity index (χ2n) is 5.19. The second kappa shape index (κ2) is 5.47. The Hall–Kier alpha value is -2.13. The molecule has 0 fully saturated rings. The highest BCUT2D eigenvalue weighted by Gasteiger charge is 2.31. The van der Waals surface area contributed by atoms with E-state index < -0.39 is 0 Å². The lowest BCUT2D eigenvalue weighted by molar-refractivity contribution is -0.123. The molecular formula is C17H18N2O. The summed E-state index contributed by atoms with van der Waals surface area (Å²) in [6.07, 6.45) is 0.855. The smallest absolute Gasteiger partial charge is 0.228 e. The van der Waals surface area contributed by atoms with Crippen LogP contribution in [0.5, 0.6) is 0 Å². The largest absolute Gasteiger partial charge is 0.351 e. The van der Waals surface area contributed by atoms with Crippen LogP contribution in [-0.2, 0) is 24.3 Å². The van der Waals surface area contributed by atoms with Gasteiger partial charge in [0.05, 0.1) is 5.92 Å². The topological polar surface area (TPSA) is 55.1 Å². The van der Waals surface area contributed by atoms with E-state index in [1.54, 1.807) is 0 Å². The summed E-state index contributed by atoms with van der Waals surface area (Å²) in [5.41, 5.74) is 10.2. The van der Waals surface area contributed by atoms with Gasteiger partial charge in [0.25, 0.3) is 0 Å². The molecule has 3 nitrogen and oxygen atoms in total. The Balaban J connectivity index is 1.58. The summed E-state index contributed by atoms with van der Waals surface area (Å²) < 4.78 is 0. The summed E-state index contributed by atoms with van der Waals surface area (Å²) in [5.74, 6) is 0.140. The molecule has 20 heavy (non-hydrogen) atoms. The Bertz CT molecular complexity index is 619. The number of benzene rings is 2. The fourth-order valence-electron chi connectivity index (χ4n) is 2.60. The third kappa shape index (κ3) is 2.45. The zero-order chi connectivity index (χ0) is 13.9. The number of hydrogen-bond acceptors (Lipinski definition) is 2. The molecule has 0 aliphatic heterocycles. The Morgan fingerprint density at radius 1 is 1.10 bits per heavy atom. The minimum Gasteiger partial charge on any atom is -0.351 e. The molecule has 2 aromatic carbocycles. The third-order valence-electron chi connectivity index (χ3n) is 3.90. The van der Waals surface area contributed by atoms with Gasteiger partial charge in [-0.15, -0.1) is 0 Å². The van der Waals surface area contributed by atoms with Gasteiger partial charge in [-0.05, 0) is 28.7 Å². The normalized spacial score (nSPS) is 16.1. The summed E-state index contributed by atoms with van der Waals surface area (Å²) in [6, 6.07) is 16.2. The Morgan fingerprint density at radius 2 is 1.80 bits per heavy atom. The molecule has 0 saturated carbocycles. The Morgan fingerprint density at radius 3 is 2.50 bits per heavy atom. The zero-order valence-corrected chi connectivity index (χ0v) is 11.3. The molecule has 0 saturated heterocycles. The van der Waals surface area contributed by atoms with Gasteiger partial charge in [-0.25, -0.2) is 0 Å². The van der Waals surface area contributed by atoms with Crippen molar-refractivity contribution >= 4 is 5.91 Å². The summed E-state index contributed by atoms with van der Waals surface area (Å²) in [6.45, 7) is 1.12. The molecule has 0 spiro atoms. The van der Waals surface area contributed by atoms with Gasteiger partial charge < -0.3 is 11.1 Å². The first kappa shape index (κ1) is 12.9. The molecule has 1 atom stereocenters. The molecule has 3 rings (SSSR count). The number of nitrogens with one attached hydrogen (secondary N) is 1. The van der Waals surface area contributed by atoms with Gasteiger partial charge >= 0.3 is 0 Å². The van der Waals surface area contributed by atoms with Crippen LogP contribution in [0.1, 0.15) is 28.2 Å². The Kier molecular flexibility index (Phi) is 3.52. The van der Waals surface area contributed by atoms with E-state index in [2.05, 4.69) is 11.4 Å². The Labute approximate surface area is 118 Å². The van der Waals surface area contributed by atoms with E-state index >= 15 is 0 Å². The van der Waals surface area contributed by atoms with E-state index in [0.29, 0.717) is 13.1 Å². The maximum absolute atomic E-state index is 12.2. The number of fused-ring (bicyclic) bond motifs is 1. The first-order valence-corrected chi connectivity index (χ1v) is 6.91. The van der Waals surface area contributed by atoms with Crippen molar-refractivity contribution in [3.63, 3.8) is 0 Å². The van der Waals surface area contributed by atoms with Crippen LogP contribution in [0.25, 0.3) is 0 Å². The van der Waals surface area contributed by atoms with E-state index in [-0.39, 0.29) is 11.8 Å². The average molecular weight is 266 g/mol. The molecule has 1 aliphatic carbocycles. The minimum atomic E-state index is 0.0227. The van der Waals surface area contributed by atoms with Gasteiger partial charge in [-0.1, -0.05) is 48.5 Å². The van der Waals surface area contributed by atoms with E-state index in [1.165, 1.54) is 11.1 Å². The van der Waals surface area contributed by atoms with Crippen LogP contribution >= 0.6 is 0 Å². The molecule has 1 aliphatic rings. The maximum atomic E-state index is 12.2. The molecule has 3 heteroatoms. The number of carbonyl (C=O) groups excluding carboxylic acids is 1. The van der Waals surface area contributed by atoms with Crippen molar-refractivity contribution in [1.29, 1.82) is 0 Å². The van der Waals surface area contributed by atoms with Gasteiger partial charge in [0.2, 0.25) is 5.91 Å². The monoisotopic (exact) mass is 266 g/mol. The molecule has 3 N–H and O–H groups in total. The SMILES string of the molecule is NCc1ccc(CNC(=O)C2Cc3ccccc32)cc1. The van der Waals surface area contributed by atoms with Crippen LogP contribution in [0.2, 0.25) is 0 Å². The molecule has 0 bridgehead atoms. The lowest BCUT2D eigenvalue weighted by atomic mass is 9.77.